The predicted molar refractivity (Wildman–Crippen MR) is 52.1 cm³/mol. The molecule has 0 radical (unpaired) electrons. The van der Waals surface area contributed by atoms with Gasteiger partial charge in [-0.05, 0) is 30.5 Å². The smallest absolute Gasteiger partial charge is 0.123 e. The highest BCUT2D eigenvalue weighted by atomic mass is 35.5. The van der Waals surface area contributed by atoms with E-state index in [1.54, 1.807) is 7.11 Å². The van der Waals surface area contributed by atoms with Crippen LogP contribution in [0.5, 0.6) is 5.75 Å². The summed E-state index contributed by atoms with van der Waals surface area (Å²) >= 11 is 5.94. The second-order valence-electron chi connectivity index (χ2n) is 2.77. The van der Waals surface area contributed by atoms with Crippen LogP contribution in [0.3, 0.4) is 0 Å². The third-order valence-electron chi connectivity index (χ3n) is 1.94. The molecule has 0 heterocycles. The van der Waals surface area contributed by atoms with Gasteiger partial charge in [0.25, 0.3) is 0 Å². The van der Waals surface area contributed by atoms with E-state index in [0.29, 0.717) is 0 Å². The molecule has 1 aromatic rings. The Morgan fingerprint density at radius 3 is 2.58 bits per heavy atom. The fourth-order valence-corrected chi connectivity index (χ4v) is 1.34. The predicted octanol–water partition coefficient (Wildman–Crippen LogP) is 3.22. The van der Waals surface area contributed by atoms with E-state index in [1.165, 1.54) is 5.56 Å². The van der Waals surface area contributed by atoms with Crippen molar-refractivity contribution in [3.8, 4) is 5.75 Å². The first-order chi connectivity index (χ1) is 5.69. The van der Waals surface area contributed by atoms with E-state index in [4.69, 9.17) is 16.3 Å². The van der Waals surface area contributed by atoms with Gasteiger partial charge in [0, 0.05) is 5.02 Å². The number of methoxy groups -OCH3 is 1. The second-order valence-corrected chi connectivity index (χ2v) is 3.17. The molecule has 0 atom stereocenters. The molecule has 0 spiro atoms. The van der Waals surface area contributed by atoms with Crippen LogP contribution in [0, 0.1) is 6.92 Å². The topological polar surface area (TPSA) is 9.23 Å². The van der Waals surface area contributed by atoms with Gasteiger partial charge in [-0.3, -0.25) is 0 Å². The Bertz CT molecular complexity index is 252. The molecule has 0 bridgehead atoms. The van der Waals surface area contributed by atoms with Crippen molar-refractivity contribution in [3.05, 3.63) is 28.3 Å². The molecule has 0 aliphatic heterocycles. The van der Waals surface area contributed by atoms with E-state index >= 15 is 0 Å². The number of aryl methyl sites for hydroxylation is 2. The van der Waals surface area contributed by atoms with Crippen LogP contribution in [0.4, 0.5) is 0 Å². The summed E-state index contributed by atoms with van der Waals surface area (Å²) in [6.07, 6.45) is 0.973. The highest BCUT2D eigenvalue weighted by Gasteiger charge is 2.04. The summed E-state index contributed by atoms with van der Waals surface area (Å²) in [6.45, 7) is 4.10. The molecule has 0 saturated heterocycles. The highest BCUT2D eigenvalue weighted by Crippen LogP contribution is 2.26. The SMILES string of the molecule is CCc1cc(C)c(Cl)cc1OC. The molecule has 0 aromatic heterocycles. The van der Waals surface area contributed by atoms with E-state index in [1.807, 2.05) is 13.0 Å². The largest absolute Gasteiger partial charge is 0.496 e. The number of hydrogen-bond acceptors (Lipinski definition) is 1. The molecule has 2 heteroatoms. The van der Waals surface area contributed by atoms with Gasteiger partial charge in [0.05, 0.1) is 7.11 Å². The maximum Gasteiger partial charge on any atom is 0.123 e. The fourth-order valence-electron chi connectivity index (χ4n) is 1.19. The van der Waals surface area contributed by atoms with Crippen LogP contribution >= 0.6 is 11.6 Å². The molecule has 0 N–H and O–H groups in total. The summed E-state index contributed by atoms with van der Waals surface area (Å²) in [5.74, 6) is 0.883. The van der Waals surface area contributed by atoms with Crippen LogP contribution in [0.25, 0.3) is 0 Å². The number of halogens is 1. The molecular weight excluding hydrogens is 172 g/mol. The van der Waals surface area contributed by atoms with Gasteiger partial charge >= 0.3 is 0 Å². The molecule has 0 unspecified atom stereocenters. The maximum atomic E-state index is 5.94. The summed E-state index contributed by atoms with van der Waals surface area (Å²) in [5.41, 5.74) is 2.31. The molecule has 66 valence electrons. The molecule has 0 fully saturated rings. The minimum Gasteiger partial charge on any atom is -0.496 e. The van der Waals surface area contributed by atoms with Crippen molar-refractivity contribution in [2.24, 2.45) is 0 Å². The van der Waals surface area contributed by atoms with E-state index < -0.39 is 0 Å². The Labute approximate surface area is 78.3 Å². The lowest BCUT2D eigenvalue weighted by atomic mass is 10.1. The van der Waals surface area contributed by atoms with Crippen LogP contribution in [0.1, 0.15) is 18.1 Å². The standard InChI is InChI=1S/C10H13ClO/c1-4-8-5-7(2)9(11)6-10(8)12-3/h5-6H,4H2,1-3H3. The number of benzene rings is 1. The first-order valence-corrected chi connectivity index (χ1v) is 4.39. The van der Waals surface area contributed by atoms with Crippen LogP contribution in [-0.4, -0.2) is 7.11 Å². The quantitative estimate of drug-likeness (QED) is 0.686. The Hall–Kier alpha value is -0.690. The average Bonchev–Trinajstić information content (AvgIpc) is 2.09. The summed E-state index contributed by atoms with van der Waals surface area (Å²) < 4.78 is 5.19. The Morgan fingerprint density at radius 2 is 2.08 bits per heavy atom. The van der Waals surface area contributed by atoms with Gasteiger partial charge in [-0.2, -0.15) is 0 Å². The monoisotopic (exact) mass is 184 g/mol. The van der Waals surface area contributed by atoms with Crippen LogP contribution in [0.2, 0.25) is 5.02 Å². The zero-order chi connectivity index (χ0) is 9.14. The molecule has 12 heavy (non-hydrogen) atoms. The molecule has 1 nitrogen and oxygen atoms in total. The van der Waals surface area contributed by atoms with E-state index in [9.17, 15) is 0 Å². The minimum atomic E-state index is 0.768. The van der Waals surface area contributed by atoms with Gasteiger partial charge in [-0.25, -0.2) is 0 Å². The number of ether oxygens (including phenoxy) is 1. The maximum absolute atomic E-state index is 5.94. The van der Waals surface area contributed by atoms with E-state index in [0.717, 1.165) is 22.8 Å². The van der Waals surface area contributed by atoms with Gasteiger partial charge < -0.3 is 4.74 Å². The number of rotatable bonds is 2. The highest BCUT2D eigenvalue weighted by molar-refractivity contribution is 6.31. The zero-order valence-corrected chi connectivity index (χ0v) is 8.40. The van der Waals surface area contributed by atoms with E-state index in [-0.39, 0.29) is 0 Å². The first-order valence-electron chi connectivity index (χ1n) is 4.02. The van der Waals surface area contributed by atoms with Crippen molar-refractivity contribution in [2.45, 2.75) is 20.3 Å². The molecule has 0 saturated carbocycles. The molecule has 0 aliphatic rings. The summed E-state index contributed by atoms with van der Waals surface area (Å²) in [7, 11) is 1.67. The van der Waals surface area contributed by atoms with Gasteiger partial charge in [0.1, 0.15) is 5.75 Å². The number of hydrogen-bond donors (Lipinski definition) is 0. The fraction of sp³-hybridized carbons (Fsp3) is 0.400. The lowest BCUT2D eigenvalue weighted by Crippen LogP contribution is -1.91. The molecule has 1 aromatic carbocycles. The lowest BCUT2D eigenvalue weighted by molar-refractivity contribution is 0.410. The third kappa shape index (κ3) is 1.72. The van der Waals surface area contributed by atoms with Crippen molar-refractivity contribution in [2.75, 3.05) is 7.11 Å². The Morgan fingerprint density at radius 1 is 1.42 bits per heavy atom. The van der Waals surface area contributed by atoms with Gasteiger partial charge in [0.15, 0.2) is 0 Å². The lowest BCUT2D eigenvalue weighted by Gasteiger charge is -2.08. The van der Waals surface area contributed by atoms with Crippen molar-refractivity contribution < 1.29 is 4.74 Å². The van der Waals surface area contributed by atoms with Crippen molar-refractivity contribution in [3.63, 3.8) is 0 Å². The second kappa shape index (κ2) is 3.81. The summed E-state index contributed by atoms with van der Waals surface area (Å²) in [5, 5.41) is 0.768. The molecule has 0 aliphatic carbocycles. The van der Waals surface area contributed by atoms with Gasteiger partial charge in [-0.15, -0.1) is 0 Å². The Kier molecular flexibility index (Phi) is 2.99. The van der Waals surface area contributed by atoms with Crippen LogP contribution < -0.4 is 4.74 Å². The van der Waals surface area contributed by atoms with Gasteiger partial charge in [0.2, 0.25) is 0 Å². The van der Waals surface area contributed by atoms with Crippen LogP contribution in [0.15, 0.2) is 12.1 Å². The first kappa shape index (κ1) is 9.40. The minimum absolute atomic E-state index is 0.768. The third-order valence-corrected chi connectivity index (χ3v) is 2.35. The molecule has 1 rings (SSSR count). The van der Waals surface area contributed by atoms with Crippen molar-refractivity contribution >= 4 is 11.6 Å². The van der Waals surface area contributed by atoms with Crippen molar-refractivity contribution in [1.29, 1.82) is 0 Å². The van der Waals surface area contributed by atoms with E-state index in [2.05, 4.69) is 13.0 Å². The normalized spacial score (nSPS) is 10.0. The zero-order valence-electron chi connectivity index (χ0n) is 7.65. The molecule has 0 amide bonds. The Balaban J connectivity index is 3.19. The summed E-state index contributed by atoms with van der Waals surface area (Å²) in [4.78, 5) is 0. The summed E-state index contributed by atoms with van der Waals surface area (Å²) in [6, 6.07) is 3.94. The average molecular weight is 185 g/mol. The molecular formula is C10H13ClO. The van der Waals surface area contributed by atoms with Crippen molar-refractivity contribution in [1.82, 2.24) is 0 Å². The van der Waals surface area contributed by atoms with Crippen LogP contribution in [-0.2, 0) is 6.42 Å². The van der Waals surface area contributed by atoms with Gasteiger partial charge in [-0.1, -0.05) is 24.6 Å².